The number of nitrogens with zero attached hydrogens (tertiary/aromatic N) is 1. The molecule has 0 spiro atoms. The van der Waals surface area contributed by atoms with E-state index < -0.39 is 21.9 Å². The lowest BCUT2D eigenvalue weighted by Gasteiger charge is -2.31. The fraction of sp³-hybridized carbons (Fsp3) is 0.571. The predicted octanol–water partition coefficient (Wildman–Crippen LogP) is 0.873. The van der Waals surface area contributed by atoms with Crippen LogP contribution < -0.4 is 5.32 Å². The molecule has 1 aliphatic heterocycles. The van der Waals surface area contributed by atoms with Crippen LogP contribution in [0.4, 0.5) is 4.39 Å². The normalized spacial score (nSPS) is 19.6. The molecule has 21 heavy (non-hydrogen) atoms. The number of hydrogen-bond donors (Lipinski definition) is 2. The Morgan fingerprint density at radius 3 is 2.57 bits per heavy atom. The highest BCUT2D eigenvalue weighted by Gasteiger charge is 2.25. The highest BCUT2D eigenvalue weighted by molar-refractivity contribution is 7.88. The van der Waals surface area contributed by atoms with Gasteiger partial charge in [-0.05, 0) is 18.9 Å². The third kappa shape index (κ3) is 4.47. The molecule has 5 nitrogen and oxygen atoms in total. The van der Waals surface area contributed by atoms with Crippen molar-refractivity contribution in [2.75, 3.05) is 25.9 Å². The molecule has 1 fully saturated rings. The molecule has 2 N–H and O–H groups in total. The van der Waals surface area contributed by atoms with Crippen molar-refractivity contribution in [2.45, 2.75) is 25.0 Å². The van der Waals surface area contributed by atoms with Gasteiger partial charge in [0.15, 0.2) is 0 Å². The molecule has 1 atom stereocenters. The average molecular weight is 316 g/mol. The van der Waals surface area contributed by atoms with Crippen molar-refractivity contribution in [1.29, 1.82) is 0 Å². The second kappa shape index (κ2) is 6.83. The fourth-order valence-electron chi connectivity index (χ4n) is 2.53. The zero-order chi connectivity index (χ0) is 15.5. The van der Waals surface area contributed by atoms with Gasteiger partial charge in [0.05, 0.1) is 12.4 Å². The number of rotatable bonds is 5. The number of hydrogen-bond acceptors (Lipinski definition) is 4. The third-order valence-corrected chi connectivity index (χ3v) is 5.09. The van der Waals surface area contributed by atoms with Crippen molar-refractivity contribution in [3.63, 3.8) is 0 Å². The van der Waals surface area contributed by atoms with Gasteiger partial charge in [-0.25, -0.2) is 17.1 Å². The van der Waals surface area contributed by atoms with Crippen LogP contribution in [0.2, 0.25) is 0 Å². The Hall–Kier alpha value is -1.02. The van der Waals surface area contributed by atoms with E-state index in [1.54, 1.807) is 18.2 Å². The summed E-state index contributed by atoms with van der Waals surface area (Å²) < 4.78 is 37.8. The molecular formula is C14H21FN2O3S. The molecule has 0 saturated carbocycles. The first-order valence-electron chi connectivity index (χ1n) is 6.99. The molecule has 118 valence electrons. The number of benzene rings is 1. The van der Waals surface area contributed by atoms with Gasteiger partial charge in [-0.3, -0.25) is 0 Å². The summed E-state index contributed by atoms with van der Waals surface area (Å²) >= 11 is 0. The number of nitrogens with one attached hydrogen (secondary N) is 1. The maximum absolute atomic E-state index is 13.5. The van der Waals surface area contributed by atoms with E-state index in [1.165, 1.54) is 16.6 Å². The number of sulfonamides is 1. The van der Waals surface area contributed by atoms with Gasteiger partial charge in [-0.2, -0.15) is 0 Å². The topological polar surface area (TPSA) is 69.6 Å². The maximum Gasteiger partial charge on any atom is 0.211 e. The highest BCUT2D eigenvalue weighted by Crippen LogP contribution is 2.17. The molecule has 0 radical (unpaired) electrons. The van der Waals surface area contributed by atoms with E-state index in [-0.39, 0.29) is 18.2 Å². The standard InChI is InChI=1S/C14H21FN2O3S/c1-21(19,20)17-8-6-11(7-9-17)16-10-14(18)12-4-2-3-5-13(12)15/h2-5,11,14,16,18H,6-10H2,1H3. The SMILES string of the molecule is CS(=O)(=O)N1CCC(NCC(O)c2ccccc2F)CC1. The Kier molecular flexibility index (Phi) is 5.32. The summed E-state index contributed by atoms with van der Waals surface area (Å²) in [7, 11) is -3.12. The number of aliphatic hydroxyl groups excluding tert-OH is 1. The van der Waals surface area contributed by atoms with Gasteiger partial charge >= 0.3 is 0 Å². The highest BCUT2D eigenvalue weighted by atomic mass is 32.2. The van der Waals surface area contributed by atoms with Crippen LogP contribution in [-0.4, -0.2) is 49.8 Å². The van der Waals surface area contributed by atoms with Crippen LogP contribution in [0.25, 0.3) is 0 Å². The second-order valence-corrected chi connectivity index (χ2v) is 7.36. The summed E-state index contributed by atoms with van der Waals surface area (Å²) in [5, 5.41) is 13.2. The molecular weight excluding hydrogens is 295 g/mol. The molecule has 1 aromatic rings. The minimum Gasteiger partial charge on any atom is -0.387 e. The zero-order valence-electron chi connectivity index (χ0n) is 12.0. The maximum atomic E-state index is 13.5. The van der Waals surface area contributed by atoms with Gasteiger partial charge in [-0.1, -0.05) is 18.2 Å². The van der Waals surface area contributed by atoms with E-state index in [9.17, 15) is 17.9 Å². The third-order valence-electron chi connectivity index (χ3n) is 3.79. The molecule has 2 rings (SSSR count). The fourth-order valence-corrected chi connectivity index (χ4v) is 3.40. The molecule has 1 saturated heterocycles. The lowest BCUT2D eigenvalue weighted by atomic mass is 10.0. The van der Waals surface area contributed by atoms with Crippen LogP contribution in [0.1, 0.15) is 24.5 Å². The Balaban J connectivity index is 1.81. The Bertz CT molecular complexity index is 571. The van der Waals surface area contributed by atoms with Gasteiger partial charge in [0.2, 0.25) is 10.0 Å². The predicted molar refractivity (Wildman–Crippen MR) is 78.8 cm³/mol. The van der Waals surface area contributed by atoms with Gasteiger partial charge in [-0.15, -0.1) is 0 Å². The lowest BCUT2D eigenvalue weighted by molar-refractivity contribution is 0.158. The first-order chi connectivity index (χ1) is 9.88. The summed E-state index contributed by atoms with van der Waals surface area (Å²) in [4.78, 5) is 0. The summed E-state index contributed by atoms with van der Waals surface area (Å²) in [6.07, 6.45) is 1.69. The summed E-state index contributed by atoms with van der Waals surface area (Å²) in [5.74, 6) is -0.418. The van der Waals surface area contributed by atoms with Crippen LogP contribution in [-0.2, 0) is 10.0 Å². The Morgan fingerprint density at radius 2 is 2.00 bits per heavy atom. The Morgan fingerprint density at radius 1 is 1.38 bits per heavy atom. The van der Waals surface area contributed by atoms with Crippen LogP contribution in [0.15, 0.2) is 24.3 Å². The average Bonchev–Trinajstić information content (AvgIpc) is 2.45. The summed E-state index contributed by atoms with van der Waals surface area (Å²) in [6, 6.07) is 6.30. The number of halogens is 1. The molecule has 1 aromatic carbocycles. The van der Waals surface area contributed by atoms with Crippen molar-refractivity contribution in [1.82, 2.24) is 9.62 Å². The van der Waals surface area contributed by atoms with Gasteiger partial charge in [0.1, 0.15) is 5.82 Å². The van der Waals surface area contributed by atoms with Crippen molar-refractivity contribution < 1.29 is 17.9 Å². The lowest BCUT2D eigenvalue weighted by Crippen LogP contribution is -2.45. The van der Waals surface area contributed by atoms with Crippen LogP contribution in [0.5, 0.6) is 0 Å². The molecule has 0 aromatic heterocycles. The van der Waals surface area contributed by atoms with Gasteiger partial charge in [0.25, 0.3) is 0 Å². The first kappa shape index (κ1) is 16.4. The molecule has 0 aliphatic carbocycles. The van der Waals surface area contributed by atoms with Crippen molar-refractivity contribution >= 4 is 10.0 Å². The first-order valence-corrected chi connectivity index (χ1v) is 8.84. The monoisotopic (exact) mass is 316 g/mol. The van der Waals surface area contributed by atoms with E-state index >= 15 is 0 Å². The zero-order valence-corrected chi connectivity index (χ0v) is 12.8. The molecule has 0 bridgehead atoms. The van der Waals surface area contributed by atoms with Crippen molar-refractivity contribution in [3.8, 4) is 0 Å². The molecule has 1 unspecified atom stereocenters. The molecule has 0 amide bonds. The minimum atomic E-state index is -3.12. The molecule has 1 heterocycles. The summed E-state index contributed by atoms with van der Waals surface area (Å²) in [5.41, 5.74) is 0.276. The van der Waals surface area contributed by atoms with Crippen LogP contribution in [0.3, 0.4) is 0 Å². The quantitative estimate of drug-likeness (QED) is 0.846. The number of aliphatic hydroxyl groups is 1. The van der Waals surface area contributed by atoms with Gasteiger partial charge in [0, 0.05) is 31.2 Å². The second-order valence-electron chi connectivity index (χ2n) is 5.38. The largest absolute Gasteiger partial charge is 0.387 e. The Labute approximate surface area is 124 Å². The number of piperidine rings is 1. The van der Waals surface area contributed by atoms with E-state index in [2.05, 4.69) is 5.32 Å². The van der Waals surface area contributed by atoms with Crippen LogP contribution in [0, 0.1) is 5.82 Å². The van der Waals surface area contributed by atoms with E-state index in [0.29, 0.717) is 25.9 Å². The van der Waals surface area contributed by atoms with Crippen molar-refractivity contribution in [3.05, 3.63) is 35.6 Å². The smallest absolute Gasteiger partial charge is 0.211 e. The van der Waals surface area contributed by atoms with E-state index in [4.69, 9.17) is 0 Å². The van der Waals surface area contributed by atoms with E-state index in [1.807, 2.05) is 0 Å². The van der Waals surface area contributed by atoms with Gasteiger partial charge < -0.3 is 10.4 Å². The molecule has 1 aliphatic rings. The minimum absolute atomic E-state index is 0.143. The summed E-state index contributed by atoms with van der Waals surface area (Å²) in [6.45, 7) is 1.21. The van der Waals surface area contributed by atoms with E-state index in [0.717, 1.165) is 0 Å². The van der Waals surface area contributed by atoms with Crippen LogP contribution >= 0.6 is 0 Å². The molecule has 7 heteroatoms. The van der Waals surface area contributed by atoms with Crippen molar-refractivity contribution in [2.24, 2.45) is 0 Å².